The third-order valence-corrected chi connectivity index (χ3v) is 3.94. The molecule has 0 aromatic heterocycles. The highest BCUT2D eigenvalue weighted by Crippen LogP contribution is 2.33. The summed E-state index contributed by atoms with van der Waals surface area (Å²) in [6.45, 7) is 1.63. The van der Waals surface area contributed by atoms with E-state index in [1.807, 2.05) is 12.1 Å². The smallest absolute Gasteiger partial charge is 0.228 e. The first kappa shape index (κ1) is 12.8. The number of carbonyl (C=O) groups excluding carboxylic acids is 1. The Morgan fingerprint density at radius 3 is 3.11 bits per heavy atom. The minimum Gasteiger partial charge on any atom is -0.381 e. The zero-order valence-electron chi connectivity index (χ0n) is 10.7. The highest BCUT2D eigenvalue weighted by molar-refractivity contribution is 6.33. The zero-order chi connectivity index (χ0) is 13.2. The second-order valence-electron chi connectivity index (χ2n) is 5.10. The van der Waals surface area contributed by atoms with Gasteiger partial charge >= 0.3 is 0 Å². The predicted molar refractivity (Wildman–Crippen MR) is 75.9 cm³/mol. The van der Waals surface area contributed by atoms with Crippen molar-refractivity contribution in [3.63, 3.8) is 0 Å². The first-order chi connectivity index (χ1) is 9.22. The van der Waals surface area contributed by atoms with Crippen LogP contribution in [0, 0.1) is 0 Å². The zero-order valence-corrected chi connectivity index (χ0v) is 11.4. The molecule has 2 aliphatic heterocycles. The number of benzene rings is 1. The summed E-state index contributed by atoms with van der Waals surface area (Å²) >= 11 is 6.27. The molecule has 1 amide bonds. The molecule has 2 N–H and O–H groups in total. The molecule has 1 unspecified atom stereocenters. The van der Waals surface area contributed by atoms with E-state index in [9.17, 15) is 4.79 Å². The van der Waals surface area contributed by atoms with Gasteiger partial charge in [-0.25, -0.2) is 0 Å². The van der Waals surface area contributed by atoms with Gasteiger partial charge in [0.05, 0.1) is 17.1 Å². The van der Waals surface area contributed by atoms with Crippen molar-refractivity contribution < 1.29 is 9.53 Å². The number of nitrogens with one attached hydrogen (secondary N) is 2. The first-order valence-electron chi connectivity index (χ1n) is 6.69. The topological polar surface area (TPSA) is 50.4 Å². The number of ether oxygens (including phenoxy) is 1. The average Bonchev–Trinajstić information content (AvgIpc) is 2.59. The largest absolute Gasteiger partial charge is 0.381 e. The number of anilines is 2. The third-order valence-electron chi connectivity index (χ3n) is 3.63. The molecule has 1 aromatic rings. The van der Waals surface area contributed by atoms with Crippen LogP contribution in [0.2, 0.25) is 5.02 Å². The van der Waals surface area contributed by atoms with E-state index in [0.717, 1.165) is 49.4 Å². The lowest BCUT2D eigenvalue weighted by molar-refractivity contribution is -0.115. The monoisotopic (exact) mass is 280 g/mol. The Bertz CT molecular complexity index is 496. The van der Waals surface area contributed by atoms with Crippen molar-refractivity contribution in [3.8, 4) is 0 Å². The van der Waals surface area contributed by atoms with Gasteiger partial charge in [0.2, 0.25) is 5.91 Å². The van der Waals surface area contributed by atoms with Gasteiger partial charge in [-0.2, -0.15) is 0 Å². The number of hydrogen-bond donors (Lipinski definition) is 2. The molecule has 5 heteroatoms. The Morgan fingerprint density at radius 1 is 1.32 bits per heavy atom. The Hall–Kier alpha value is -1.26. The number of hydrogen-bond acceptors (Lipinski definition) is 3. The molecule has 0 aliphatic carbocycles. The fourth-order valence-corrected chi connectivity index (χ4v) is 2.84. The molecule has 1 saturated heterocycles. The van der Waals surface area contributed by atoms with Crippen LogP contribution in [0.3, 0.4) is 0 Å². The van der Waals surface area contributed by atoms with Crippen LogP contribution in [0.1, 0.15) is 24.8 Å². The minimum absolute atomic E-state index is 0.0334. The van der Waals surface area contributed by atoms with Gasteiger partial charge in [0.1, 0.15) is 0 Å². The first-order valence-corrected chi connectivity index (χ1v) is 7.07. The molecule has 2 aliphatic rings. The van der Waals surface area contributed by atoms with E-state index in [-0.39, 0.29) is 5.91 Å². The van der Waals surface area contributed by atoms with E-state index in [0.29, 0.717) is 17.5 Å². The van der Waals surface area contributed by atoms with Crippen LogP contribution in [-0.4, -0.2) is 25.2 Å². The minimum atomic E-state index is 0.0334. The molecule has 102 valence electrons. The highest BCUT2D eigenvalue weighted by Gasteiger charge is 2.21. The van der Waals surface area contributed by atoms with Gasteiger partial charge in [0.25, 0.3) is 0 Å². The van der Waals surface area contributed by atoms with E-state index >= 15 is 0 Å². The summed E-state index contributed by atoms with van der Waals surface area (Å²) in [6, 6.07) is 4.21. The van der Waals surface area contributed by atoms with Crippen molar-refractivity contribution in [2.24, 2.45) is 0 Å². The molecule has 4 nitrogen and oxygen atoms in total. The number of halogens is 1. The molecule has 0 saturated carbocycles. The van der Waals surface area contributed by atoms with Crippen LogP contribution in [0.15, 0.2) is 12.1 Å². The predicted octanol–water partition coefficient (Wildman–Crippen LogP) is 2.82. The van der Waals surface area contributed by atoms with Gasteiger partial charge < -0.3 is 15.4 Å². The summed E-state index contributed by atoms with van der Waals surface area (Å²) in [5, 5.41) is 6.95. The van der Waals surface area contributed by atoms with Gasteiger partial charge in [0.15, 0.2) is 0 Å². The Kier molecular flexibility index (Phi) is 3.62. The normalized spacial score (nSPS) is 22.6. The third kappa shape index (κ3) is 2.85. The van der Waals surface area contributed by atoms with E-state index in [1.54, 1.807) is 0 Å². The maximum Gasteiger partial charge on any atom is 0.228 e. The number of fused-ring (bicyclic) bond motifs is 1. The number of carbonyl (C=O) groups is 1. The maximum atomic E-state index is 11.4. The van der Waals surface area contributed by atoms with E-state index in [1.165, 1.54) is 0 Å². The van der Waals surface area contributed by atoms with Crippen molar-refractivity contribution in [2.45, 2.75) is 31.7 Å². The quantitative estimate of drug-likeness (QED) is 0.876. The molecular formula is C14H17ClN2O2. The molecule has 1 aromatic carbocycles. The van der Waals surface area contributed by atoms with Gasteiger partial charge in [-0.05, 0) is 37.0 Å². The maximum absolute atomic E-state index is 11.4. The molecule has 0 radical (unpaired) electrons. The Labute approximate surface area is 117 Å². The van der Waals surface area contributed by atoms with Crippen molar-refractivity contribution in [1.82, 2.24) is 0 Å². The van der Waals surface area contributed by atoms with Gasteiger partial charge in [-0.15, -0.1) is 0 Å². The fourth-order valence-electron chi connectivity index (χ4n) is 2.63. The Morgan fingerprint density at radius 2 is 2.21 bits per heavy atom. The van der Waals surface area contributed by atoms with E-state index < -0.39 is 0 Å². The highest BCUT2D eigenvalue weighted by atomic mass is 35.5. The van der Waals surface area contributed by atoms with Crippen molar-refractivity contribution in [1.29, 1.82) is 0 Å². The van der Waals surface area contributed by atoms with Crippen LogP contribution in [0.4, 0.5) is 11.4 Å². The molecule has 0 bridgehead atoms. The van der Waals surface area contributed by atoms with Gasteiger partial charge in [0, 0.05) is 24.9 Å². The molecule has 1 fully saturated rings. The summed E-state index contributed by atoms with van der Waals surface area (Å²) in [7, 11) is 0. The van der Waals surface area contributed by atoms with Crippen LogP contribution >= 0.6 is 11.6 Å². The summed E-state index contributed by atoms with van der Waals surface area (Å²) in [5.74, 6) is 0.0334. The SMILES string of the molecule is O=C1Cc2cc(NC3CCCOCC3)c(Cl)cc2N1. The summed E-state index contributed by atoms with van der Waals surface area (Å²) in [6.07, 6.45) is 3.59. The molecular weight excluding hydrogens is 264 g/mol. The van der Waals surface area contributed by atoms with Crippen molar-refractivity contribution >= 4 is 28.9 Å². The summed E-state index contributed by atoms with van der Waals surface area (Å²) in [4.78, 5) is 11.4. The second kappa shape index (κ2) is 5.39. The lowest BCUT2D eigenvalue weighted by Gasteiger charge is -2.18. The van der Waals surface area contributed by atoms with Crippen molar-refractivity contribution in [2.75, 3.05) is 23.8 Å². The lowest BCUT2D eigenvalue weighted by Crippen LogP contribution is -2.19. The summed E-state index contributed by atoms with van der Waals surface area (Å²) in [5.41, 5.74) is 2.77. The lowest BCUT2D eigenvalue weighted by atomic mass is 10.1. The molecule has 19 heavy (non-hydrogen) atoms. The average molecular weight is 281 g/mol. The molecule has 2 heterocycles. The van der Waals surface area contributed by atoms with Crippen molar-refractivity contribution in [3.05, 3.63) is 22.7 Å². The Balaban J connectivity index is 1.77. The fraction of sp³-hybridized carbons (Fsp3) is 0.500. The molecule has 1 atom stereocenters. The standard InChI is InChI=1S/C14H17ClN2O2/c15-11-8-12-9(7-14(18)17-12)6-13(11)16-10-2-1-4-19-5-3-10/h6,8,10,16H,1-5,7H2,(H,17,18). The van der Waals surface area contributed by atoms with Crippen LogP contribution < -0.4 is 10.6 Å². The number of amides is 1. The van der Waals surface area contributed by atoms with Crippen LogP contribution in [0.5, 0.6) is 0 Å². The van der Waals surface area contributed by atoms with E-state index in [4.69, 9.17) is 16.3 Å². The summed E-state index contributed by atoms with van der Waals surface area (Å²) < 4.78 is 5.45. The van der Waals surface area contributed by atoms with E-state index in [2.05, 4.69) is 10.6 Å². The molecule has 3 rings (SSSR count). The molecule has 0 spiro atoms. The van der Waals surface area contributed by atoms with Gasteiger partial charge in [-0.3, -0.25) is 4.79 Å². The van der Waals surface area contributed by atoms with Crippen LogP contribution in [-0.2, 0) is 16.0 Å². The number of rotatable bonds is 2. The van der Waals surface area contributed by atoms with Gasteiger partial charge in [-0.1, -0.05) is 11.6 Å². The second-order valence-corrected chi connectivity index (χ2v) is 5.51. The van der Waals surface area contributed by atoms with Crippen LogP contribution in [0.25, 0.3) is 0 Å².